The lowest BCUT2D eigenvalue weighted by molar-refractivity contribution is -0.118. The van der Waals surface area contributed by atoms with Gasteiger partial charge >= 0.3 is 0 Å². The summed E-state index contributed by atoms with van der Waals surface area (Å²) in [5.41, 5.74) is -1.42. The molecule has 9 heteroatoms. The molecule has 0 fully saturated rings. The zero-order valence-corrected chi connectivity index (χ0v) is 16.0. The maximum Gasteiger partial charge on any atom is 0.282 e. The molecule has 0 radical (unpaired) electrons. The molecule has 2 aromatic heterocycles. The number of aliphatic hydroxyl groups excluding tert-OH is 1. The van der Waals surface area contributed by atoms with Crippen molar-refractivity contribution in [2.75, 3.05) is 0 Å². The standard InChI is InChI=1S/C19H18ClF2N3O3/c1-19(2)5-12(26)15(13(27)6-19)17(28)11-9-25(24-16(11)18(21)22)8-10-3-4-14(20)23-7-10/h3-4,7,9,18,26H,5-6,8H2,1-2H3. The highest BCUT2D eigenvalue weighted by Gasteiger charge is 2.38. The molecule has 0 spiro atoms. The minimum absolute atomic E-state index is 0.0483. The van der Waals surface area contributed by atoms with Crippen LogP contribution in [0.2, 0.25) is 5.15 Å². The smallest absolute Gasteiger partial charge is 0.282 e. The van der Waals surface area contributed by atoms with Crippen LogP contribution in [-0.4, -0.2) is 31.4 Å². The van der Waals surface area contributed by atoms with Crippen molar-refractivity contribution in [2.45, 2.75) is 39.7 Å². The SMILES string of the molecule is CC1(C)CC(=O)C(C(=O)c2cn(Cc3ccc(Cl)nc3)nc2C(F)F)=C(O)C1. The summed E-state index contributed by atoms with van der Waals surface area (Å²) in [6.07, 6.45) is -0.219. The minimum Gasteiger partial charge on any atom is -0.511 e. The summed E-state index contributed by atoms with van der Waals surface area (Å²) in [4.78, 5) is 29.1. The van der Waals surface area contributed by atoms with Crippen LogP contribution in [0.1, 0.15) is 54.7 Å². The van der Waals surface area contributed by atoms with Gasteiger partial charge in [0.2, 0.25) is 5.78 Å². The second-order valence-corrected chi connectivity index (χ2v) is 7.89. The van der Waals surface area contributed by atoms with Crippen LogP contribution in [0.5, 0.6) is 0 Å². The second kappa shape index (κ2) is 7.43. The number of rotatable bonds is 5. The third-order valence-electron chi connectivity index (χ3n) is 4.45. The van der Waals surface area contributed by atoms with Crippen LogP contribution in [0.25, 0.3) is 0 Å². The summed E-state index contributed by atoms with van der Waals surface area (Å²) >= 11 is 5.72. The van der Waals surface area contributed by atoms with Gasteiger partial charge in [-0.25, -0.2) is 13.8 Å². The number of ketones is 2. The quantitative estimate of drug-likeness (QED) is 0.452. The number of pyridine rings is 1. The van der Waals surface area contributed by atoms with E-state index in [0.717, 1.165) is 6.20 Å². The molecule has 1 N–H and O–H groups in total. The molecular weight excluding hydrogens is 392 g/mol. The van der Waals surface area contributed by atoms with Crippen LogP contribution in [0.3, 0.4) is 0 Å². The Morgan fingerprint density at radius 2 is 2.07 bits per heavy atom. The van der Waals surface area contributed by atoms with Gasteiger partial charge in [-0.15, -0.1) is 0 Å². The fraction of sp³-hybridized carbons (Fsp3) is 0.368. The molecule has 1 aliphatic rings. The number of nitrogens with zero attached hydrogens (tertiary/aromatic N) is 3. The summed E-state index contributed by atoms with van der Waals surface area (Å²) in [7, 11) is 0. The molecule has 0 atom stereocenters. The Balaban J connectivity index is 1.96. The van der Waals surface area contributed by atoms with Gasteiger partial charge in [0.15, 0.2) is 5.78 Å². The predicted octanol–water partition coefficient (Wildman–Crippen LogP) is 4.30. The van der Waals surface area contributed by atoms with E-state index in [4.69, 9.17) is 11.6 Å². The normalized spacial score (nSPS) is 16.7. The van der Waals surface area contributed by atoms with Crippen molar-refractivity contribution in [1.82, 2.24) is 14.8 Å². The zero-order chi connectivity index (χ0) is 20.6. The van der Waals surface area contributed by atoms with Crippen molar-refractivity contribution in [1.29, 1.82) is 0 Å². The number of carbonyl (C=O) groups is 2. The number of aromatic nitrogens is 3. The van der Waals surface area contributed by atoms with Gasteiger partial charge in [-0.2, -0.15) is 5.10 Å². The molecule has 0 aliphatic heterocycles. The van der Waals surface area contributed by atoms with E-state index >= 15 is 0 Å². The fourth-order valence-corrected chi connectivity index (χ4v) is 3.33. The first-order valence-corrected chi connectivity index (χ1v) is 8.91. The van der Waals surface area contributed by atoms with Gasteiger partial charge in [0.05, 0.1) is 12.1 Å². The first kappa shape index (κ1) is 20.1. The molecule has 148 valence electrons. The molecular formula is C19H18ClF2N3O3. The zero-order valence-electron chi connectivity index (χ0n) is 15.2. The first-order valence-electron chi connectivity index (χ1n) is 8.53. The van der Waals surface area contributed by atoms with Crippen molar-refractivity contribution in [3.05, 3.63) is 57.8 Å². The highest BCUT2D eigenvalue weighted by Crippen LogP contribution is 2.37. The molecule has 0 amide bonds. The molecule has 0 aromatic carbocycles. The van der Waals surface area contributed by atoms with E-state index in [1.165, 1.54) is 10.9 Å². The largest absolute Gasteiger partial charge is 0.511 e. The van der Waals surface area contributed by atoms with Crippen LogP contribution in [0.15, 0.2) is 35.9 Å². The molecule has 0 saturated heterocycles. The average molecular weight is 410 g/mol. The van der Waals surface area contributed by atoms with Gasteiger partial charge < -0.3 is 5.11 Å². The van der Waals surface area contributed by atoms with E-state index in [-0.39, 0.29) is 30.3 Å². The number of alkyl halides is 2. The van der Waals surface area contributed by atoms with Gasteiger partial charge in [0.1, 0.15) is 22.2 Å². The topological polar surface area (TPSA) is 85.1 Å². The number of aliphatic hydroxyl groups is 1. The third kappa shape index (κ3) is 4.11. The number of halogens is 3. The third-order valence-corrected chi connectivity index (χ3v) is 4.68. The van der Waals surface area contributed by atoms with Crippen LogP contribution in [0.4, 0.5) is 8.78 Å². The van der Waals surface area contributed by atoms with E-state index in [2.05, 4.69) is 10.1 Å². The van der Waals surface area contributed by atoms with Crippen LogP contribution in [0, 0.1) is 5.41 Å². The monoisotopic (exact) mass is 409 g/mol. The summed E-state index contributed by atoms with van der Waals surface area (Å²) in [5.74, 6) is -1.87. The number of Topliss-reactive ketones (excluding diaryl/α,β-unsaturated/α-hetero) is 2. The van der Waals surface area contributed by atoms with Crippen LogP contribution >= 0.6 is 11.6 Å². The average Bonchev–Trinajstić information content (AvgIpc) is 2.99. The van der Waals surface area contributed by atoms with Gasteiger partial charge in [-0.3, -0.25) is 14.3 Å². The van der Waals surface area contributed by atoms with Crippen molar-refractivity contribution in [3.63, 3.8) is 0 Å². The van der Waals surface area contributed by atoms with Crippen molar-refractivity contribution < 1.29 is 23.5 Å². The Morgan fingerprint density at radius 3 is 2.64 bits per heavy atom. The Hall–Kier alpha value is -2.61. The summed E-state index contributed by atoms with van der Waals surface area (Å²) in [5, 5.41) is 14.3. The molecule has 28 heavy (non-hydrogen) atoms. The van der Waals surface area contributed by atoms with E-state index in [1.807, 2.05) is 0 Å². The van der Waals surface area contributed by atoms with Gasteiger partial charge in [-0.05, 0) is 17.0 Å². The van der Waals surface area contributed by atoms with Gasteiger partial charge in [-0.1, -0.05) is 31.5 Å². The molecule has 1 aliphatic carbocycles. The summed E-state index contributed by atoms with van der Waals surface area (Å²) in [6.45, 7) is 3.65. The van der Waals surface area contributed by atoms with Crippen molar-refractivity contribution >= 4 is 23.2 Å². The van der Waals surface area contributed by atoms with Crippen molar-refractivity contribution in [2.24, 2.45) is 5.41 Å². The van der Waals surface area contributed by atoms with Crippen LogP contribution in [-0.2, 0) is 11.3 Å². The first-order chi connectivity index (χ1) is 13.1. The van der Waals surface area contributed by atoms with Gasteiger partial charge in [0, 0.05) is 25.2 Å². The highest BCUT2D eigenvalue weighted by molar-refractivity contribution is 6.29. The molecule has 0 bridgehead atoms. The van der Waals surface area contributed by atoms with Gasteiger partial charge in [0.25, 0.3) is 6.43 Å². The Kier molecular flexibility index (Phi) is 5.34. The number of allylic oxidation sites excluding steroid dienone is 2. The lowest BCUT2D eigenvalue weighted by Crippen LogP contribution is -2.29. The molecule has 0 saturated carbocycles. The lowest BCUT2D eigenvalue weighted by atomic mass is 9.75. The molecule has 6 nitrogen and oxygen atoms in total. The molecule has 3 rings (SSSR count). The lowest BCUT2D eigenvalue weighted by Gasteiger charge is -2.28. The predicted molar refractivity (Wildman–Crippen MR) is 97.5 cm³/mol. The molecule has 0 unspecified atom stereocenters. The number of hydrogen-bond donors (Lipinski definition) is 1. The summed E-state index contributed by atoms with van der Waals surface area (Å²) in [6, 6.07) is 3.20. The Bertz CT molecular complexity index is 965. The molecule has 2 heterocycles. The van der Waals surface area contributed by atoms with E-state index < -0.39 is 40.2 Å². The van der Waals surface area contributed by atoms with E-state index in [1.54, 1.807) is 26.0 Å². The fourth-order valence-electron chi connectivity index (χ4n) is 3.22. The maximum absolute atomic E-state index is 13.5. The second-order valence-electron chi connectivity index (χ2n) is 7.51. The highest BCUT2D eigenvalue weighted by atomic mass is 35.5. The Morgan fingerprint density at radius 1 is 1.36 bits per heavy atom. The maximum atomic E-state index is 13.5. The van der Waals surface area contributed by atoms with Crippen LogP contribution < -0.4 is 0 Å². The molecule has 2 aromatic rings. The minimum atomic E-state index is -3.01. The van der Waals surface area contributed by atoms with E-state index in [9.17, 15) is 23.5 Å². The summed E-state index contributed by atoms with van der Waals surface area (Å²) < 4.78 is 28.1. The van der Waals surface area contributed by atoms with E-state index in [0.29, 0.717) is 5.56 Å². The number of carbonyl (C=O) groups excluding carboxylic acids is 2. The van der Waals surface area contributed by atoms with Crippen molar-refractivity contribution in [3.8, 4) is 0 Å². The number of hydrogen-bond acceptors (Lipinski definition) is 5. The Labute approximate surface area is 164 Å².